The molecular weight excluding hydrogens is 479 g/mol. The number of hydrogen-bond donors (Lipinski definition) is 2. The summed E-state index contributed by atoms with van der Waals surface area (Å²) in [6.07, 6.45) is 4.14. The maximum atomic E-state index is 13.8. The van der Waals surface area contributed by atoms with Crippen molar-refractivity contribution in [2.45, 2.75) is 19.5 Å². The highest BCUT2D eigenvalue weighted by Crippen LogP contribution is 2.31. The Hall–Kier alpha value is -3.05. The van der Waals surface area contributed by atoms with Gasteiger partial charge in [-0.05, 0) is 56.0 Å². The van der Waals surface area contributed by atoms with Crippen LogP contribution in [-0.4, -0.2) is 81.5 Å². The summed E-state index contributed by atoms with van der Waals surface area (Å²) < 4.78 is 15.3. The number of piperazine rings is 1. The van der Waals surface area contributed by atoms with Crippen molar-refractivity contribution < 1.29 is 9.50 Å². The molecule has 1 saturated heterocycles. The average molecular weight is 511 g/mol. The number of nitrogens with zero attached hydrogens (tertiary/aromatic N) is 5. The minimum atomic E-state index is -0.466. The second-order valence-corrected chi connectivity index (χ2v) is 10.9. The van der Waals surface area contributed by atoms with Gasteiger partial charge in [0.05, 0.1) is 0 Å². The van der Waals surface area contributed by atoms with Gasteiger partial charge in [-0.3, -0.25) is 14.1 Å². The first-order valence-electron chi connectivity index (χ1n) is 12.0. The summed E-state index contributed by atoms with van der Waals surface area (Å²) in [4.78, 5) is 28.3. The molecule has 1 aliphatic heterocycles. The molecule has 1 fully saturated rings. The lowest BCUT2D eigenvalue weighted by molar-refractivity contribution is 0.148. The van der Waals surface area contributed by atoms with E-state index < -0.39 is 5.56 Å². The number of halogens is 1. The first-order chi connectivity index (χ1) is 17.3. The Morgan fingerprint density at radius 2 is 1.94 bits per heavy atom. The van der Waals surface area contributed by atoms with E-state index >= 15 is 0 Å². The smallest absolute Gasteiger partial charge is 0.300 e. The molecule has 0 bridgehead atoms. The van der Waals surface area contributed by atoms with Crippen LogP contribution in [0.2, 0.25) is 0 Å². The molecule has 0 radical (unpaired) electrons. The van der Waals surface area contributed by atoms with E-state index in [4.69, 9.17) is 0 Å². The monoisotopic (exact) mass is 510 g/mol. The number of benzene rings is 1. The molecule has 10 heteroatoms. The molecule has 190 valence electrons. The van der Waals surface area contributed by atoms with Crippen LogP contribution in [0.1, 0.15) is 21.6 Å². The molecule has 1 aromatic carbocycles. The summed E-state index contributed by atoms with van der Waals surface area (Å²) in [6, 6.07) is 6.81. The molecule has 0 spiro atoms. The fraction of sp³-hybridized carbons (Fsp3) is 0.385. The Balaban J connectivity index is 1.40. The average Bonchev–Trinajstić information content (AvgIpc) is 3.46. The summed E-state index contributed by atoms with van der Waals surface area (Å²) in [5.74, 6) is -0.601. The quantitative estimate of drug-likeness (QED) is 0.398. The number of hydrogen-bond acceptors (Lipinski definition) is 7. The molecule has 0 amide bonds. The van der Waals surface area contributed by atoms with E-state index in [1.54, 1.807) is 18.5 Å². The largest absolute Gasteiger partial charge is 0.501 e. The molecule has 5 rings (SSSR count). The minimum Gasteiger partial charge on any atom is -0.501 e. The summed E-state index contributed by atoms with van der Waals surface area (Å²) in [6.45, 7) is 5.41. The fourth-order valence-corrected chi connectivity index (χ4v) is 5.58. The van der Waals surface area contributed by atoms with Crippen molar-refractivity contribution in [3.8, 4) is 16.5 Å². The molecule has 3 aromatic heterocycles. The highest BCUT2D eigenvalue weighted by atomic mass is 32.1. The lowest BCUT2D eigenvalue weighted by atomic mass is 10.0. The SMILES string of the molecule is CN(C)Cc1cc(F)ccc1Cc1cnc(-c2[nH]c3cc(CN4CCN(C)CC4)cn3c(=O)c2O)s1. The molecule has 2 N–H and O–H groups in total. The third kappa shape index (κ3) is 5.22. The first-order valence-corrected chi connectivity index (χ1v) is 12.8. The van der Waals surface area contributed by atoms with Crippen LogP contribution in [0.5, 0.6) is 5.75 Å². The summed E-state index contributed by atoms with van der Waals surface area (Å²) in [5, 5.41) is 11.3. The topological polar surface area (TPSA) is 80.1 Å². The normalized spacial score (nSPS) is 15.4. The van der Waals surface area contributed by atoms with Gasteiger partial charge >= 0.3 is 5.56 Å². The van der Waals surface area contributed by atoms with Crippen LogP contribution in [0.3, 0.4) is 0 Å². The zero-order chi connectivity index (χ0) is 25.4. The Morgan fingerprint density at radius 1 is 1.17 bits per heavy atom. The van der Waals surface area contributed by atoms with Crippen LogP contribution in [0.4, 0.5) is 4.39 Å². The van der Waals surface area contributed by atoms with Crippen LogP contribution in [0.25, 0.3) is 16.3 Å². The van der Waals surface area contributed by atoms with Crippen LogP contribution < -0.4 is 5.56 Å². The van der Waals surface area contributed by atoms with Crippen LogP contribution in [0, 0.1) is 5.82 Å². The van der Waals surface area contributed by atoms with Gasteiger partial charge in [0.1, 0.15) is 22.2 Å². The molecule has 0 unspecified atom stereocenters. The summed E-state index contributed by atoms with van der Waals surface area (Å²) >= 11 is 1.41. The minimum absolute atomic E-state index is 0.254. The lowest BCUT2D eigenvalue weighted by Gasteiger charge is -2.32. The molecule has 4 heterocycles. The molecule has 0 saturated carbocycles. The second-order valence-electron chi connectivity index (χ2n) is 9.80. The Kier molecular flexibility index (Phi) is 6.94. The number of H-pyrrole nitrogens is 1. The molecule has 8 nitrogen and oxygen atoms in total. The molecule has 4 aromatic rings. The standard InChI is InChI=1S/C26H31FN6O2S/c1-30(2)16-19-11-20(27)5-4-18(19)12-21-13-28-25(36-21)23-24(34)26(35)33-15-17(10-22(33)29-23)14-32-8-6-31(3)7-9-32/h4-5,10-11,13,15,29,34H,6-9,12,14,16H2,1-3H3. The number of aromatic nitrogens is 3. The number of fused-ring (bicyclic) bond motifs is 1. The number of nitrogens with one attached hydrogen (secondary N) is 1. The molecular formula is C26H31FN6O2S. The van der Waals surface area contributed by atoms with Crippen molar-refractivity contribution in [2.75, 3.05) is 47.3 Å². The Morgan fingerprint density at radius 3 is 2.69 bits per heavy atom. The maximum absolute atomic E-state index is 13.8. The molecule has 36 heavy (non-hydrogen) atoms. The van der Waals surface area contributed by atoms with Gasteiger partial charge in [0.25, 0.3) is 0 Å². The Labute approximate surface area is 213 Å². The van der Waals surface area contributed by atoms with Crippen molar-refractivity contribution in [3.05, 3.63) is 74.4 Å². The third-order valence-corrected chi connectivity index (χ3v) is 7.59. The van der Waals surface area contributed by atoms with Gasteiger partial charge in [0.2, 0.25) is 5.75 Å². The Bertz CT molecular complexity index is 1430. The van der Waals surface area contributed by atoms with Gasteiger partial charge in [0.15, 0.2) is 0 Å². The van der Waals surface area contributed by atoms with Crippen molar-refractivity contribution in [2.24, 2.45) is 0 Å². The zero-order valence-corrected chi connectivity index (χ0v) is 21.6. The fourth-order valence-electron chi connectivity index (χ4n) is 4.64. The van der Waals surface area contributed by atoms with Crippen LogP contribution >= 0.6 is 11.3 Å². The van der Waals surface area contributed by atoms with Crippen molar-refractivity contribution in [1.82, 2.24) is 29.1 Å². The van der Waals surface area contributed by atoms with Gasteiger partial charge < -0.3 is 19.9 Å². The van der Waals surface area contributed by atoms with E-state index in [0.29, 0.717) is 29.3 Å². The number of rotatable bonds is 7. The number of likely N-dealkylation sites (N-methyl/N-ethyl adjacent to an activating group) is 1. The zero-order valence-electron chi connectivity index (χ0n) is 20.8. The van der Waals surface area contributed by atoms with Crippen molar-refractivity contribution in [3.63, 3.8) is 0 Å². The molecule has 0 atom stereocenters. The number of aromatic hydroxyl groups is 1. The predicted octanol–water partition coefficient (Wildman–Crippen LogP) is 3.00. The van der Waals surface area contributed by atoms with E-state index in [9.17, 15) is 14.3 Å². The highest BCUT2D eigenvalue weighted by molar-refractivity contribution is 7.15. The van der Waals surface area contributed by atoms with E-state index in [2.05, 4.69) is 26.8 Å². The number of thiazole rings is 1. The van der Waals surface area contributed by atoms with E-state index in [0.717, 1.165) is 54.3 Å². The number of aromatic amines is 1. The first kappa shape index (κ1) is 24.6. The van der Waals surface area contributed by atoms with E-state index in [-0.39, 0.29) is 11.6 Å². The summed E-state index contributed by atoms with van der Waals surface area (Å²) in [5.41, 5.74) is 3.45. The van der Waals surface area contributed by atoms with Crippen molar-refractivity contribution >= 4 is 17.0 Å². The lowest BCUT2D eigenvalue weighted by Crippen LogP contribution is -2.43. The molecule has 0 aliphatic carbocycles. The van der Waals surface area contributed by atoms with Crippen molar-refractivity contribution in [1.29, 1.82) is 0 Å². The van der Waals surface area contributed by atoms with E-state index in [1.165, 1.54) is 21.8 Å². The van der Waals surface area contributed by atoms with Crippen LogP contribution in [-0.2, 0) is 19.5 Å². The highest BCUT2D eigenvalue weighted by Gasteiger charge is 2.19. The predicted molar refractivity (Wildman–Crippen MR) is 140 cm³/mol. The third-order valence-electron chi connectivity index (χ3n) is 6.58. The van der Waals surface area contributed by atoms with Crippen LogP contribution in [0.15, 0.2) is 41.5 Å². The van der Waals surface area contributed by atoms with Gasteiger partial charge in [-0.25, -0.2) is 9.37 Å². The molecule has 1 aliphatic rings. The summed E-state index contributed by atoms with van der Waals surface area (Å²) in [7, 11) is 6.03. The van der Waals surface area contributed by atoms with Gasteiger partial charge in [0, 0.05) is 63.0 Å². The maximum Gasteiger partial charge on any atom is 0.300 e. The van der Waals surface area contributed by atoms with Gasteiger partial charge in [-0.15, -0.1) is 11.3 Å². The van der Waals surface area contributed by atoms with E-state index in [1.807, 2.05) is 31.1 Å². The van der Waals surface area contributed by atoms with Gasteiger partial charge in [-0.2, -0.15) is 0 Å². The second kappa shape index (κ2) is 10.1. The van der Waals surface area contributed by atoms with Gasteiger partial charge in [-0.1, -0.05) is 6.07 Å².